The predicted octanol–water partition coefficient (Wildman–Crippen LogP) is 2.18. The Balaban J connectivity index is 2.96. The maximum absolute atomic E-state index is 11.4. The van der Waals surface area contributed by atoms with E-state index >= 15 is 0 Å². The first-order chi connectivity index (χ1) is 6.89. The van der Waals surface area contributed by atoms with E-state index in [1.807, 2.05) is 25.3 Å². The maximum atomic E-state index is 11.4. The number of rotatable bonds is 3. The van der Waals surface area contributed by atoms with Gasteiger partial charge >= 0.3 is 5.97 Å². The molecule has 0 aliphatic carbocycles. The highest BCUT2D eigenvalue weighted by Gasteiger charge is 2.35. The first kappa shape index (κ1) is 12.5. The number of ether oxygens (including phenoxy) is 1. The van der Waals surface area contributed by atoms with Gasteiger partial charge in [0.2, 0.25) is 0 Å². The summed E-state index contributed by atoms with van der Waals surface area (Å²) >= 11 is 7.33. The lowest BCUT2D eigenvalue weighted by molar-refractivity contribution is -0.143. The molecule has 0 aliphatic heterocycles. The zero-order chi connectivity index (χ0) is 11.6. The summed E-state index contributed by atoms with van der Waals surface area (Å²) in [6.07, 6.45) is 0. The van der Waals surface area contributed by atoms with Crippen molar-refractivity contribution in [1.82, 2.24) is 0 Å². The van der Waals surface area contributed by atoms with Gasteiger partial charge in [0.15, 0.2) is 0 Å². The van der Waals surface area contributed by atoms with E-state index in [-0.39, 0.29) is 0 Å². The molecule has 15 heavy (non-hydrogen) atoms. The zero-order valence-corrected chi connectivity index (χ0v) is 10.5. The van der Waals surface area contributed by atoms with Gasteiger partial charge in [-0.3, -0.25) is 4.79 Å². The Labute approximate surface area is 98.2 Å². The van der Waals surface area contributed by atoms with E-state index < -0.39 is 17.4 Å². The minimum atomic E-state index is -0.683. The van der Waals surface area contributed by atoms with Crippen LogP contribution in [0.3, 0.4) is 0 Å². The van der Waals surface area contributed by atoms with Crippen LogP contribution in [0.1, 0.15) is 18.7 Å². The molecule has 0 spiro atoms. The van der Waals surface area contributed by atoms with Crippen molar-refractivity contribution in [3.63, 3.8) is 0 Å². The molecule has 0 aliphatic rings. The summed E-state index contributed by atoms with van der Waals surface area (Å²) in [4.78, 5) is 12.3. The minimum absolute atomic E-state index is 0.412. The molecule has 0 aromatic carbocycles. The van der Waals surface area contributed by atoms with E-state index in [4.69, 9.17) is 17.3 Å². The van der Waals surface area contributed by atoms with Crippen LogP contribution in [0.4, 0.5) is 0 Å². The smallest absolute Gasteiger partial charge is 0.323 e. The average molecular weight is 248 g/mol. The van der Waals surface area contributed by atoms with Crippen molar-refractivity contribution in [3.05, 3.63) is 21.3 Å². The first-order valence-electron chi connectivity index (χ1n) is 4.47. The number of methoxy groups -OCH3 is 1. The molecule has 0 saturated carbocycles. The molecular weight excluding hydrogens is 234 g/mol. The second kappa shape index (κ2) is 4.51. The summed E-state index contributed by atoms with van der Waals surface area (Å²) in [6, 6.07) is 1.15. The standard InChI is InChI=1S/C10H14ClNO2S/c1-10(2,8(12)9(13)14-3)7-4-6(11)5-15-7/h4-5,8H,12H2,1-3H3. The number of hydrogen-bond donors (Lipinski definition) is 1. The van der Waals surface area contributed by atoms with Gasteiger partial charge in [0.05, 0.1) is 12.1 Å². The van der Waals surface area contributed by atoms with Crippen LogP contribution in [-0.4, -0.2) is 19.1 Å². The van der Waals surface area contributed by atoms with Gasteiger partial charge in [0, 0.05) is 15.7 Å². The molecule has 1 aromatic rings. The van der Waals surface area contributed by atoms with Crippen LogP contribution < -0.4 is 5.73 Å². The molecule has 0 bridgehead atoms. The van der Waals surface area contributed by atoms with Gasteiger partial charge in [-0.25, -0.2) is 0 Å². The summed E-state index contributed by atoms with van der Waals surface area (Å²) in [5.74, 6) is -0.412. The summed E-state index contributed by atoms with van der Waals surface area (Å²) in [7, 11) is 1.33. The second-order valence-electron chi connectivity index (χ2n) is 3.85. The number of nitrogens with two attached hydrogens (primary N) is 1. The number of halogens is 1. The van der Waals surface area contributed by atoms with Gasteiger partial charge in [0.25, 0.3) is 0 Å². The van der Waals surface area contributed by atoms with E-state index in [1.54, 1.807) is 0 Å². The number of esters is 1. The molecule has 0 fully saturated rings. The lowest BCUT2D eigenvalue weighted by atomic mass is 9.83. The lowest BCUT2D eigenvalue weighted by Gasteiger charge is -2.28. The van der Waals surface area contributed by atoms with Gasteiger partial charge in [-0.2, -0.15) is 0 Å². The second-order valence-corrected chi connectivity index (χ2v) is 5.20. The van der Waals surface area contributed by atoms with Crippen molar-refractivity contribution in [2.24, 2.45) is 5.73 Å². The van der Waals surface area contributed by atoms with Gasteiger partial charge < -0.3 is 10.5 Å². The van der Waals surface area contributed by atoms with E-state index in [1.165, 1.54) is 18.4 Å². The molecule has 1 aromatic heterocycles. The zero-order valence-electron chi connectivity index (χ0n) is 8.91. The van der Waals surface area contributed by atoms with Crippen LogP contribution in [-0.2, 0) is 14.9 Å². The first-order valence-corrected chi connectivity index (χ1v) is 5.73. The van der Waals surface area contributed by atoms with Crippen molar-refractivity contribution in [1.29, 1.82) is 0 Å². The molecule has 84 valence electrons. The molecule has 1 unspecified atom stereocenters. The van der Waals surface area contributed by atoms with Crippen molar-refractivity contribution in [2.45, 2.75) is 25.3 Å². The molecule has 5 heteroatoms. The van der Waals surface area contributed by atoms with E-state index in [0.717, 1.165) is 4.88 Å². The van der Waals surface area contributed by atoms with Gasteiger partial charge in [-0.15, -0.1) is 11.3 Å². The Morgan fingerprint density at radius 1 is 1.67 bits per heavy atom. The molecule has 0 saturated heterocycles. The average Bonchev–Trinajstić information content (AvgIpc) is 2.63. The highest BCUT2D eigenvalue weighted by Crippen LogP contribution is 2.33. The van der Waals surface area contributed by atoms with E-state index in [0.29, 0.717) is 5.02 Å². The fraction of sp³-hybridized carbons (Fsp3) is 0.500. The molecular formula is C10H14ClNO2S. The van der Waals surface area contributed by atoms with Crippen molar-refractivity contribution in [2.75, 3.05) is 7.11 Å². The Bertz CT molecular complexity index is 362. The van der Waals surface area contributed by atoms with Crippen LogP contribution in [0.25, 0.3) is 0 Å². The van der Waals surface area contributed by atoms with Gasteiger partial charge in [-0.05, 0) is 6.07 Å². The van der Waals surface area contributed by atoms with Gasteiger partial charge in [-0.1, -0.05) is 25.4 Å². The lowest BCUT2D eigenvalue weighted by Crippen LogP contribution is -2.47. The third-order valence-electron chi connectivity index (χ3n) is 2.44. The molecule has 1 atom stereocenters. The molecule has 2 N–H and O–H groups in total. The van der Waals surface area contributed by atoms with Gasteiger partial charge in [0.1, 0.15) is 6.04 Å². The Kier molecular flexibility index (Phi) is 3.76. The summed E-state index contributed by atoms with van der Waals surface area (Å²) in [5.41, 5.74) is 5.37. The highest BCUT2D eigenvalue weighted by atomic mass is 35.5. The van der Waals surface area contributed by atoms with Crippen LogP contribution >= 0.6 is 22.9 Å². The fourth-order valence-electron chi connectivity index (χ4n) is 1.23. The molecule has 3 nitrogen and oxygen atoms in total. The summed E-state index contributed by atoms with van der Waals surface area (Å²) in [6.45, 7) is 3.80. The van der Waals surface area contributed by atoms with Crippen molar-refractivity contribution < 1.29 is 9.53 Å². The number of carbonyl (C=O) groups excluding carboxylic acids is 1. The van der Waals surface area contributed by atoms with Crippen LogP contribution in [0.2, 0.25) is 5.02 Å². The van der Waals surface area contributed by atoms with E-state index in [2.05, 4.69) is 4.74 Å². The number of thiophene rings is 1. The van der Waals surface area contributed by atoms with Crippen LogP contribution in [0.15, 0.2) is 11.4 Å². The Morgan fingerprint density at radius 2 is 2.27 bits per heavy atom. The predicted molar refractivity (Wildman–Crippen MR) is 62.3 cm³/mol. The van der Waals surface area contributed by atoms with Crippen LogP contribution in [0, 0.1) is 0 Å². The fourth-order valence-corrected chi connectivity index (χ4v) is 2.47. The molecule has 0 radical (unpaired) electrons. The quantitative estimate of drug-likeness (QED) is 0.833. The largest absolute Gasteiger partial charge is 0.468 e. The van der Waals surface area contributed by atoms with Crippen LogP contribution in [0.5, 0.6) is 0 Å². The molecule has 1 rings (SSSR count). The third kappa shape index (κ3) is 2.51. The molecule has 0 amide bonds. The van der Waals surface area contributed by atoms with E-state index in [9.17, 15) is 4.79 Å². The topological polar surface area (TPSA) is 52.3 Å². The Morgan fingerprint density at radius 3 is 2.67 bits per heavy atom. The minimum Gasteiger partial charge on any atom is -0.468 e. The number of carbonyl (C=O) groups is 1. The monoisotopic (exact) mass is 247 g/mol. The third-order valence-corrected chi connectivity index (χ3v) is 4.05. The maximum Gasteiger partial charge on any atom is 0.323 e. The highest BCUT2D eigenvalue weighted by molar-refractivity contribution is 7.10. The summed E-state index contributed by atoms with van der Waals surface area (Å²) < 4.78 is 4.63. The summed E-state index contributed by atoms with van der Waals surface area (Å²) in [5, 5.41) is 2.49. The molecule has 1 heterocycles. The van der Waals surface area contributed by atoms with Crippen molar-refractivity contribution >= 4 is 28.9 Å². The number of hydrogen-bond acceptors (Lipinski definition) is 4. The van der Waals surface area contributed by atoms with Crippen molar-refractivity contribution in [3.8, 4) is 0 Å². The Hall–Kier alpha value is -0.580. The SMILES string of the molecule is COC(=O)C(N)C(C)(C)c1cc(Cl)cs1. The normalized spacial score (nSPS) is 13.7.